The molecule has 88 valence electrons. The zero-order chi connectivity index (χ0) is 12.3. The summed E-state index contributed by atoms with van der Waals surface area (Å²) in [6, 6.07) is 6.11. The van der Waals surface area contributed by atoms with Crippen LogP contribution in [0.1, 0.15) is 16.1 Å². The van der Waals surface area contributed by atoms with Gasteiger partial charge in [0.1, 0.15) is 5.76 Å². The molecule has 0 aliphatic carbocycles. The smallest absolute Gasteiger partial charge is 0.255 e. The van der Waals surface area contributed by atoms with Crippen molar-refractivity contribution in [3.05, 3.63) is 54.0 Å². The molecule has 0 aliphatic rings. The molecule has 5 heteroatoms. The van der Waals surface area contributed by atoms with Crippen molar-refractivity contribution < 1.29 is 13.6 Å². The maximum Gasteiger partial charge on any atom is 0.255 e. The lowest BCUT2D eigenvalue weighted by Crippen LogP contribution is -2.26. The minimum absolute atomic E-state index is 0.228. The second-order valence-corrected chi connectivity index (χ2v) is 3.61. The summed E-state index contributed by atoms with van der Waals surface area (Å²) in [6.07, 6.45) is 2.77. The van der Waals surface area contributed by atoms with E-state index >= 15 is 0 Å². The molecule has 0 saturated carbocycles. The first-order chi connectivity index (χ1) is 8.16. The normalized spacial score (nSPS) is 10.2. The highest BCUT2D eigenvalue weighted by molar-refractivity contribution is 5.93. The van der Waals surface area contributed by atoms with Crippen molar-refractivity contribution in [1.29, 1.82) is 0 Å². The topological polar surface area (TPSA) is 46.3 Å². The average molecular weight is 234 g/mol. The maximum atomic E-state index is 12.6. The number of furan rings is 1. The molecule has 2 aromatic heterocycles. The van der Waals surface area contributed by atoms with Crippen LogP contribution in [0, 0.1) is 5.95 Å². The monoisotopic (exact) mass is 234 g/mol. The van der Waals surface area contributed by atoms with Crippen molar-refractivity contribution in [3.63, 3.8) is 0 Å². The maximum absolute atomic E-state index is 12.6. The summed E-state index contributed by atoms with van der Waals surface area (Å²) in [5.41, 5.74) is 0.348. The van der Waals surface area contributed by atoms with Crippen LogP contribution < -0.4 is 0 Å². The van der Waals surface area contributed by atoms with Gasteiger partial charge in [-0.05, 0) is 24.3 Å². The van der Waals surface area contributed by atoms with Crippen LogP contribution in [0.4, 0.5) is 4.39 Å². The number of rotatable bonds is 3. The molecule has 0 aliphatic heterocycles. The number of carbonyl (C=O) groups excluding carboxylic acids is 1. The highest BCUT2D eigenvalue weighted by atomic mass is 19.1. The van der Waals surface area contributed by atoms with Crippen LogP contribution in [0.3, 0.4) is 0 Å². The van der Waals surface area contributed by atoms with Crippen molar-refractivity contribution in [2.45, 2.75) is 6.54 Å². The Hall–Kier alpha value is -2.17. The quantitative estimate of drug-likeness (QED) is 0.764. The molecule has 0 atom stereocenters. The van der Waals surface area contributed by atoms with Crippen molar-refractivity contribution in [2.75, 3.05) is 7.05 Å². The van der Waals surface area contributed by atoms with Gasteiger partial charge < -0.3 is 9.32 Å². The number of aromatic nitrogens is 1. The van der Waals surface area contributed by atoms with Gasteiger partial charge in [0.15, 0.2) is 0 Å². The van der Waals surface area contributed by atoms with Crippen LogP contribution in [0.15, 0.2) is 41.1 Å². The van der Waals surface area contributed by atoms with E-state index in [1.807, 2.05) is 0 Å². The van der Waals surface area contributed by atoms with Gasteiger partial charge in [-0.15, -0.1) is 0 Å². The molecule has 2 rings (SSSR count). The highest BCUT2D eigenvalue weighted by Gasteiger charge is 2.13. The van der Waals surface area contributed by atoms with E-state index in [4.69, 9.17) is 4.42 Å². The predicted octanol–water partition coefficient (Wildman–Crippen LogP) is 2.09. The summed E-state index contributed by atoms with van der Waals surface area (Å²) >= 11 is 0. The molecule has 1 amide bonds. The fraction of sp³-hybridized carbons (Fsp3) is 0.167. The van der Waals surface area contributed by atoms with E-state index in [1.54, 1.807) is 25.4 Å². The Kier molecular flexibility index (Phi) is 3.18. The van der Waals surface area contributed by atoms with Crippen LogP contribution in [-0.4, -0.2) is 22.8 Å². The fourth-order valence-electron chi connectivity index (χ4n) is 1.43. The molecule has 2 heterocycles. The van der Waals surface area contributed by atoms with Gasteiger partial charge in [-0.3, -0.25) is 4.79 Å². The van der Waals surface area contributed by atoms with Gasteiger partial charge in [0.05, 0.1) is 18.4 Å². The third kappa shape index (κ3) is 2.69. The lowest BCUT2D eigenvalue weighted by atomic mass is 10.2. The van der Waals surface area contributed by atoms with Crippen molar-refractivity contribution in [2.24, 2.45) is 0 Å². The average Bonchev–Trinajstić information content (AvgIpc) is 2.82. The molecule has 17 heavy (non-hydrogen) atoms. The van der Waals surface area contributed by atoms with E-state index in [0.717, 1.165) is 6.07 Å². The molecule has 0 aromatic carbocycles. The van der Waals surface area contributed by atoms with Gasteiger partial charge in [0.25, 0.3) is 5.91 Å². The molecule has 0 N–H and O–H groups in total. The van der Waals surface area contributed by atoms with Crippen LogP contribution in [0.2, 0.25) is 0 Å². The van der Waals surface area contributed by atoms with Gasteiger partial charge in [-0.25, -0.2) is 4.98 Å². The lowest BCUT2D eigenvalue weighted by molar-refractivity contribution is 0.0775. The van der Waals surface area contributed by atoms with Gasteiger partial charge in [-0.2, -0.15) is 4.39 Å². The minimum Gasteiger partial charge on any atom is -0.467 e. The lowest BCUT2D eigenvalue weighted by Gasteiger charge is -2.15. The standard InChI is InChI=1S/C12H11FN2O2/c1-15(8-10-3-2-6-17-10)12(16)9-4-5-11(13)14-7-9/h2-7H,8H2,1H3. The third-order valence-corrected chi connectivity index (χ3v) is 2.29. The molecule has 0 spiro atoms. The van der Waals surface area contributed by atoms with Gasteiger partial charge in [-0.1, -0.05) is 0 Å². The summed E-state index contributed by atoms with van der Waals surface area (Å²) in [4.78, 5) is 16.8. The molecule has 0 unspecified atom stereocenters. The number of amides is 1. The summed E-state index contributed by atoms with van der Waals surface area (Å²) in [5.74, 6) is -0.139. The first-order valence-electron chi connectivity index (χ1n) is 5.06. The summed E-state index contributed by atoms with van der Waals surface area (Å²) in [6.45, 7) is 0.364. The van der Waals surface area contributed by atoms with E-state index < -0.39 is 5.95 Å². The first kappa shape index (κ1) is 11.3. The molecular weight excluding hydrogens is 223 g/mol. The summed E-state index contributed by atoms with van der Waals surface area (Å²) < 4.78 is 17.7. The van der Waals surface area contributed by atoms with E-state index in [2.05, 4.69) is 4.98 Å². The number of hydrogen-bond donors (Lipinski definition) is 0. The van der Waals surface area contributed by atoms with Gasteiger partial charge >= 0.3 is 0 Å². The number of pyridine rings is 1. The van der Waals surface area contributed by atoms with Crippen LogP contribution in [0.25, 0.3) is 0 Å². The van der Waals surface area contributed by atoms with E-state index in [1.165, 1.54) is 17.2 Å². The number of carbonyl (C=O) groups is 1. The minimum atomic E-state index is -0.602. The largest absolute Gasteiger partial charge is 0.467 e. The van der Waals surface area contributed by atoms with Gasteiger partial charge in [0.2, 0.25) is 5.95 Å². The SMILES string of the molecule is CN(Cc1ccco1)C(=O)c1ccc(F)nc1. The zero-order valence-electron chi connectivity index (χ0n) is 9.26. The highest BCUT2D eigenvalue weighted by Crippen LogP contribution is 2.08. The molecule has 0 saturated heterocycles. The second kappa shape index (κ2) is 4.78. The van der Waals surface area contributed by atoms with Crippen LogP contribution in [0.5, 0.6) is 0 Å². The Bertz CT molecular complexity index is 494. The molecule has 0 bridgehead atoms. The number of nitrogens with zero attached hydrogens (tertiary/aromatic N) is 2. The van der Waals surface area contributed by atoms with Gasteiger partial charge in [0, 0.05) is 13.2 Å². The van der Waals surface area contributed by atoms with Crippen molar-refractivity contribution >= 4 is 5.91 Å². The molecule has 2 aromatic rings. The van der Waals surface area contributed by atoms with E-state index in [-0.39, 0.29) is 5.91 Å². The van der Waals surface area contributed by atoms with E-state index in [0.29, 0.717) is 17.9 Å². The Labute approximate surface area is 97.7 Å². The molecule has 0 radical (unpaired) electrons. The van der Waals surface area contributed by atoms with E-state index in [9.17, 15) is 9.18 Å². The van der Waals surface area contributed by atoms with Crippen molar-refractivity contribution in [1.82, 2.24) is 9.88 Å². The number of hydrogen-bond acceptors (Lipinski definition) is 3. The Morgan fingerprint density at radius 1 is 1.47 bits per heavy atom. The fourth-order valence-corrected chi connectivity index (χ4v) is 1.43. The Morgan fingerprint density at radius 3 is 2.88 bits per heavy atom. The summed E-state index contributed by atoms with van der Waals surface area (Å²) in [5, 5.41) is 0. The number of halogens is 1. The van der Waals surface area contributed by atoms with Crippen LogP contribution >= 0.6 is 0 Å². The predicted molar refractivity (Wildman–Crippen MR) is 58.7 cm³/mol. The van der Waals surface area contributed by atoms with Crippen LogP contribution in [-0.2, 0) is 6.54 Å². The molecular formula is C12H11FN2O2. The summed E-state index contributed by atoms with van der Waals surface area (Å²) in [7, 11) is 1.65. The Morgan fingerprint density at radius 2 is 2.29 bits per heavy atom. The Balaban J connectivity index is 2.07. The zero-order valence-corrected chi connectivity index (χ0v) is 9.26. The first-order valence-corrected chi connectivity index (χ1v) is 5.06. The second-order valence-electron chi connectivity index (χ2n) is 3.61. The molecule has 0 fully saturated rings. The third-order valence-electron chi connectivity index (χ3n) is 2.29. The van der Waals surface area contributed by atoms with Crippen molar-refractivity contribution in [3.8, 4) is 0 Å². The molecule has 4 nitrogen and oxygen atoms in total.